The molecule has 32 heavy (non-hydrogen) atoms. The van der Waals surface area contributed by atoms with Gasteiger partial charge in [-0.2, -0.15) is 5.26 Å². The van der Waals surface area contributed by atoms with Crippen molar-refractivity contribution in [2.45, 2.75) is 55.4 Å². The Balaban J connectivity index is 1.56. The average Bonchev–Trinajstić information content (AvgIpc) is 3.55. The van der Waals surface area contributed by atoms with Crippen LogP contribution in [0.1, 0.15) is 46.8 Å². The number of ether oxygens (including phenoxy) is 1. The molecule has 1 aliphatic heterocycles. The van der Waals surface area contributed by atoms with Gasteiger partial charge in [0.25, 0.3) is 0 Å². The molecule has 5 N–H and O–H groups in total. The minimum atomic E-state index is -1.47. The Hall–Kier alpha value is -2.75. The summed E-state index contributed by atoms with van der Waals surface area (Å²) in [6, 6.07) is 14.7. The monoisotopic (exact) mass is 435 g/mol. The van der Waals surface area contributed by atoms with Gasteiger partial charge in [0.05, 0.1) is 18.2 Å². The highest BCUT2D eigenvalue weighted by Crippen LogP contribution is 2.34. The first-order chi connectivity index (χ1) is 15.3. The van der Waals surface area contributed by atoms with Crippen molar-refractivity contribution in [3.05, 3.63) is 70.3 Å². The standard InChI is InChI=1S/C25H25NO6/c26-13-18-6-5-17(24-23(30)22(29)21(28)20(14-27)32-24)12-19(18)11-16-3-1-15(2-4-16)7-8-25(31)9-10-25/h1-6,12,20-24,27-31H,9-11,14H2/t20-,21-,22+,23-,24+/m1/s1. The van der Waals surface area contributed by atoms with Crippen LogP contribution in [0.3, 0.4) is 0 Å². The smallest absolute Gasteiger partial charge is 0.126 e. The third kappa shape index (κ3) is 4.69. The molecule has 0 bridgehead atoms. The van der Waals surface area contributed by atoms with Gasteiger partial charge in [-0.05, 0) is 54.2 Å². The van der Waals surface area contributed by atoms with Crippen LogP contribution in [-0.2, 0) is 11.2 Å². The van der Waals surface area contributed by atoms with Crippen molar-refractivity contribution in [3.63, 3.8) is 0 Å². The molecule has 5 atom stereocenters. The molecule has 0 spiro atoms. The van der Waals surface area contributed by atoms with Gasteiger partial charge in [-0.1, -0.05) is 36.1 Å². The molecule has 0 aromatic heterocycles. The lowest BCUT2D eigenvalue weighted by Gasteiger charge is -2.40. The number of benzene rings is 2. The number of hydrogen-bond acceptors (Lipinski definition) is 7. The highest BCUT2D eigenvalue weighted by molar-refractivity contribution is 5.45. The van der Waals surface area contributed by atoms with E-state index in [0.29, 0.717) is 36.0 Å². The first-order valence-corrected chi connectivity index (χ1v) is 10.5. The van der Waals surface area contributed by atoms with E-state index in [9.17, 15) is 30.8 Å². The molecule has 1 heterocycles. The maximum absolute atomic E-state index is 10.4. The SMILES string of the molecule is N#Cc1ccc([C@@H]2O[C@H](CO)[C@@H](O)[C@H](O)[C@H]2O)cc1Cc1ccc(C#CC2(O)CC2)cc1. The Kier molecular flexibility index (Phi) is 6.32. The zero-order chi connectivity index (χ0) is 22.9. The summed E-state index contributed by atoms with van der Waals surface area (Å²) in [5, 5.41) is 59.3. The van der Waals surface area contributed by atoms with Crippen LogP contribution in [0.5, 0.6) is 0 Å². The second-order valence-corrected chi connectivity index (χ2v) is 8.43. The molecular formula is C25H25NO6. The van der Waals surface area contributed by atoms with Crippen LogP contribution in [0.25, 0.3) is 0 Å². The van der Waals surface area contributed by atoms with E-state index in [0.717, 1.165) is 11.1 Å². The fourth-order valence-electron chi connectivity index (χ4n) is 3.78. The van der Waals surface area contributed by atoms with Gasteiger partial charge >= 0.3 is 0 Å². The molecule has 7 heteroatoms. The summed E-state index contributed by atoms with van der Waals surface area (Å²) in [6.45, 7) is -0.503. The molecule has 2 aliphatic rings. The lowest BCUT2D eigenvalue weighted by Crippen LogP contribution is -2.55. The highest BCUT2D eigenvalue weighted by Gasteiger charge is 2.44. The van der Waals surface area contributed by atoms with Crippen LogP contribution in [0.15, 0.2) is 42.5 Å². The Labute approximate surface area is 186 Å². The van der Waals surface area contributed by atoms with Gasteiger partial charge in [-0.15, -0.1) is 0 Å². The summed E-state index contributed by atoms with van der Waals surface area (Å²) in [5.74, 6) is 5.84. The second-order valence-electron chi connectivity index (χ2n) is 8.43. The molecule has 2 fully saturated rings. The summed E-state index contributed by atoms with van der Waals surface area (Å²) in [4.78, 5) is 0. The predicted molar refractivity (Wildman–Crippen MR) is 114 cm³/mol. The van der Waals surface area contributed by atoms with Crippen LogP contribution >= 0.6 is 0 Å². The average molecular weight is 435 g/mol. The summed E-state index contributed by atoms with van der Waals surface area (Å²) in [5.41, 5.74) is 2.64. The molecule has 2 aromatic carbocycles. The molecule has 1 saturated heterocycles. The van der Waals surface area contributed by atoms with Gasteiger partial charge < -0.3 is 30.3 Å². The van der Waals surface area contributed by atoms with E-state index >= 15 is 0 Å². The molecule has 1 saturated carbocycles. The second kappa shape index (κ2) is 9.01. The van der Waals surface area contributed by atoms with E-state index in [1.165, 1.54) is 0 Å². The Morgan fingerprint density at radius 1 is 1.00 bits per heavy atom. The molecular weight excluding hydrogens is 410 g/mol. The van der Waals surface area contributed by atoms with E-state index in [-0.39, 0.29) is 0 Å². The maximum Gasteiger partial charge on any atom is 0.126 e. The lowest BCUT2D eigenvalue weighted by atomic mass is 9.89. The molecule has 4 rings (SSSR count). The van der Waals surface area contributed by atoms with E-state index in [1.807, 2.05) is 24.3 Å². The van der Waals surface area contributed by atoms with Crippen LogP contribution < -0.4 is 0 Å². The Bertz CT molecular complexity index is 1070. The molecule has 2 aromatic rings. The first kappa shape index (κ1) is 22.4. The van der Waals surface area contributed by atoms with Crippen LogP contribution in [0.4, 0.5) is 0 Å². The van der Waals surface area contributed by atoms with Crippen LogP contribution in [0, 0.1) is 23.2 Å². The van der Waals surface area contributed by atoms with Crippen LogP contribution in [0.2, 0.25) is 0 Å². The molecule has 0 radical (unpaired) electrons. The van der Waals surface area contributed by atoms with Crippen molar-refractivity contribution >= 4 is 0 Å². The topological polar surface area (TPSA) is 134 Å². The van der Waals surface area contributed by atoms with Crippen molar-refractivity contribution in [1.29, 1.82) is 5.26 Å². The third-order valence-corrected chi connectivity index (χ3v) is 5.98. The van der Waals surface area contributed by atoms with Crippen LogP contribution in [-0.4, -0.2) is 62.2 Å². The number of rotatable bonds is 4. The summed E-state index contributed by atoms with van der Waals surface area (Å²) in [7, 11) is 0. The fraction of sp³-hybridized carbons (Fsp3) is 0.400. The van der Waals surface area contributed by atoms with Crippen molar-refractivity contribution in [3.8, 4) is 17.9 Å². The van der Waals surface area contributed by atoms with Gasteiger partial charge in [0.15, 0.2) is 0 Å². The van der Waals surface area contributed by atoms with Gasteiger partial charge in [-0.3, -0.25) is 0 Å². The van der Waals surface area contributed by atoms with E-state index in [1.54, 1.807) is 18.2 Å². The zero-order valence-electron chi connectivity index (χ0n) is 17.3. The first-order valence-electron chi connectivity index (χ1n) is 10.5. The summed E-state index contributed by atoms with van der Waals surface area (Å²) in [6.07, 6.45) is -4.36. The summed E-state index contributed by atoms with van der Waals surface area (Å²) >= 11 is 0. The van der Waals surface area contributed by atoms with Crippen molar-refractivity contribution < 1.29 is 30.3 Å². The maximum atomic E-state index is 10.4. The summed E-state index contributed by atoms with van der Waals surface area (Å²) < 4.78 is 5.64. The molecule has 7 nitrogen and oxygen atoms in total. The Morgan fingerprint density at radius 2 is 1.72 bits per heavy atom. The molecule has 0 amide bonds. The molecule has 166 valence electrons. The van der Waals surface area contributed by atoms with Gasteiger partial charge in [-0.25, -0.2) is 0 Å². The highest BCUT2D eigenvalue weighted by atomic mass is 16.5. The van der Waals surface area contributed by atoms with Crippen molar-refractivity contribution in [1.82, 2.24) is 0 Å². The molecule has 0 unspecified atom stereocenters. The number of nitrogens with zero attached hydrogens (tertiary/aromatic N) is 1. The van der Waals surface area contributed by atoms with Crippen molar-refractivity contribution in [2.24, 2.45) is 0 Å². The van der Waals surface area contributed by atoms with Gasteiger partial charge in [0.1, 0.15) is 36.1 Å². The van der Waals surface area contributed by atoms with Crippen molar-refractivity contribution in [2.75, 3.05) is 6.61 Å². The number of hydrogen-bond donors (Lipinski definition) is 5. The minimum absolute atomic E-state index is 0.450. The Morgan fingerprint density at radius 3 is 2.34 bits per heavy atom. The van der Waals surface area contributed by atoms with E-state index < -0.39 is 42.7 Å². The normalized spacial score (nSPS) is 28.3. The van der Waals surface area contributed by atoms with Gasteiger partial charge in [0.2, 0.25) is 0 Å². The lowest BCUT2D eigenvalue weighted by molar-refractivity contribution is -0.231. The molecule has 1 aliphatic carbocycles. The van der Waals surface area contributed by atoms with Gasteiger partial charge in [0, 0.05) is 5.56 Å². The minimum Gasteiger partial charge on any atom is -0.394 e. The fourth-order valence-corrected chi connectivity index (χ4v) is 3.78. The zero-order valence-corrected chi connectivity index (χ0v) is 17.3. The van der Waals surface area contributed by atoms with E-state index in [4.69, 9.17) is 4.74 Å². The number of aliphatic hydroxyl groups is 5. The number of aliphatic hydroxyl groups excluding tert-OH is 4. The van der Waals surface area contributed by atoms with E-state index in [2.05, 4.69) is 17.9 Å². The quantitative estimate of drug-likeness (QED) is 0.443. The predicted octanol–water partition coefficient (Wildman–Crippen LogP) is 0.540. The number of nitriles is 1. The largest absolute Gasteiger partial charge is 0.394 e. The third-order valence-electron chi connectivity index (χ3n) is 5.98.